The summed E-state index contributed by atoms with van der Waals surface area (Å²) in [5.41, 5.74) is 0.664. The molecule has 8 heteroatoms. The molecule has 2 rings (SSSR count). The molecule has 0 saturated carbocycles. The normalized spacial score (nSPS) is 14.7. The molecule has 138 valence electrons. The van der Waals surface area contributed by atoms with Crippen molar-refractivity contribution in [1.82, 2.24) is 9.78 Å². The van der Waals surface area contributed by atoms with Crippen LogP contribution in [-0.2, 0) is 23.8 Å². The van der Waals surface area contributed by atoms with Crippen LogP contribution in [0.1, 0.15) is 38.4 Å². The fourth-order valence-corrected chi connectivity index (χ4v) is 2.60. The van der Waals surface area contributed by atoms with Gasteiger partial charge in [-0.3, -0.25) is 0 Å². The molecule has 2 heterocycles. The van der Waals surface area contributed by atoms with E-state index in [-0.39, 0.29) is 24.8 Å². The lowest BCUT2D eigenvalue weighted by atomic mass is 10.1. The summed E-state index contributed by atoms with van der Waals surface area (Å²) in [5, 5.41) is 7.52. The predicted molar refractivity (Wildman–Crippen MR) is 91.0 cm³/mol. The van der Waals surface area contributed by atoms with Crippen molar-refractivity contribution in [3.05, 3.63) is 23.5 Å². The molecule has 0 radical (unpaired) electrons. The van der Waals surface area contributed by atoms with Gasteiger partial charge in [-0.15, -0.1) is 0 Å². The Morgan fingerprint density at radius 3 is 2.44 bits per heavy atom. The topological polar surface area (TPSA) is 91.7 Å². The summed E-state index contributed by atoms with van der Waals surface area (Å²) in [6.45, 7) is 6.98. The number of hydrogen-bond donors (Lipinski definition) is 1. The Bertz CT molecular complexity index is 612. The van der Waals surface area contributed by atoms with Crippen molar-refractivity contribution in [2.75, 3.05) is 31.7 Å². The van der Waals surface area contributed by atoms with Crippen LogP contribution >= 0.6 is 0 Å². The SMILES string of the molecule is CCOC(=O)C(=CNc1cc(C)nn1C1CCOCC1)C(=O)OCC. The highest BCUT2D eigenvalue weighted by atomic mass is 16.6. The van der Waals surface area contributed by atoms with Crippen molar-refractivity contribution in [2.24, 2.45) is 0 Å². The number of aromatic nitrogens is 2. The molecule has 1 aliphatic rings. The van der Waals surface area contributed by atoms with Gasteiger partial charge in [0.1, 0.15) is 5.82 Å². The van der Waals surface area contributed by atoms with Crippen LogP contribution in [0.15, 0.2) is 17.8 Å². The third kappa shape index (κ3) is 5.06. The number of nitrogens with one attached hydrogen (secondary N) is 1. The Morgan fingerprint density at radius 1 is 1.28 bits per heavy atom. The lowest BCUT2D eigenvalue weighted by molar-refractivity contribution is -0.146. The number of rotatable bonds is 7. The van der Waals surface area contributed by atoms with Gasteiger partial charge in [-0.25, -0.2) is 14.3 Å². The lowest BCUT2D eigenvalue weighted by Gasteiger charge is -2.24. The first-order chi connectivity index (χ1) is 12.1. The Balaban J connectivity index is 2.21. The monoisotopic (exact) mass is 351 g/mol. The number of carbonyl (C=O) groups is 2. The van der Waals surface area contributed by atoms with E-state index in [4.69, 9.17) is 14.2 Å². The fraction of sp³-hybridized carbons (Fsp3) is 0.588. The highest BCUT2D eigenvalue weighted by Crippen LogP contribution is 2.25. The number of anilines is 1. The zero-order valence-corrected chi connectivity index (χ0v) is 14.9. The molecule has 1 fully saturated rings. The van der Waals surface area contributed by atoms with Crippen molar-refractivity contribution >= 4 is 17.8 Å². The van der Waals surface area contributed by atoms with Crippen molar-refractivity contribution in [3.63, 3.8) is 0 Å². The van der Waals surface area contributed by atoms with Gasteiger partial charge in [0.15, 0.2) is 5.57 Å². The van der Waals surface area contributed by atoms with Gasteiger partial charge < -0.3 is 19.5 Å². The molecular formula is C17H25N3O5. The van der Waals surface area contributed by atoms with Gasteiger partial charge in [-0.2, -0.15) is 5.10 Å². The Labute approximate surface area is 147 Å². The van der Waals surface area contributed by atoms with E-state index in [1.54, 1.807) is 13.8 Å². The number of ether oxygens (including phenoxy) is 3. The largest absolute Gasteiger partial charge is 0.462 e. The standard InChI is InChI=1S/C17H25N3O5/c1-4-24-16(21)14(17(22)25-5-2)11-18-15-10-12(3)19-20(15)13-6-8-23-9-7-13/h10-11,13,18H,4-9H2,1-3H3. The summed E-state index contributed by atoms with van der Waals surface area (Å²) in [6.07, 6.45) is 3.05. The van der Waals surface area contributed by atoms with E-state index >= 15 is 0 Å². The molecule has 8 nitrogen and oxygen atoms in total. The molecule has 1 aromatic heterocycles. The van der Waals surface area contributed by atoms with Crippen molar-refractivity contribution < 1.29 is 23.8 Å². The quantitative estimate of drug-likeness (QED) is 0.347. The summed E-state index contributed by atoms with van der Waals surface area (Å²) < 4.78 is 17.1. The zero-order chi connectivity index (χ0) is 18.2. The van der Waals surface area contributed by atoms with Crippen molar-refractivity contribution in [3.8, 4) is 0 Å². The van der Waals surface area contributed by atoms with Crippen LogP contribution < -0.4 is 5.32 Å². The van der Waals surface area contributed by atoms with Gasteiger partial charge in [-0.1, -0.05) is 0 Å². The molecule has 0 atom stereocenters. The van der Waals surface area contributed by atoms with E-state index in [9.17, 15) is 9.59 Å². The molecule has 0 aliphatic carbocycles. The van der Waals surface area contributed by atoms with Crippen LogP contribution in [0.5, 0.6) is 0 Å². The smallest absolute Gasteiger partial charge is 0.347 e. The Hall–Kier alpha value is -2.35. The molecule has 1 aliphatic heterocycles. The van der Waals surface area contributed by atoms with Crippen LogP contribution in [0.2, 0.25) is 0 Å². The Morgan fingerprint density at radius 2 is 1.88 bits per heavy atom. The van der Waals surface area contributed by atoms with Gasteiger partial charge >= 0.3 is 11.9 Å². The second-order valence-corrected chi connectivity index (χ2v) is 5.60. The molecule has 25 heavy (non-hydrogen) atoms. The van der Waals surface area contributed by atoms with Crippen LogP contribution in [-0.4, -0.2) is 48.1 Å². The summed E-state index contributed by atoms with van der Waals surface area (Å²) in [4.78, 5) is 24.0. The maximum atomic E-state index is 12.0. The number of hydrogen-bond acceptors (Lipinski definition) is 7. The van der Waals surface area contributed by atoms with E-state index < -0.39 is 11.9 Å². The number of nitrogens with zero attached hydrogens (tertiary/aromatic N) is 2. The molecule has 0 amide bonds. The maximum absolute atomic E-state index is 12.0. The van der Waals surface area contributed by atoms with Gasteiger partial charge in [0.2, 0.25) is 0 Å². The summed E-state index contributed by atoms with van der Waals surface area (Å²) in [7, 11) is 0. The molecule has 0 aromatic carbocycles. The third-order valence-corrected chi connectivity index (χ3v) is 3.75. The number of carbonyl (C=O) groups excluding carboxylic acids is 2. The highest BCUT2D eigenvalue weighted by Gasteiger charge is 2.23. The first-order valence-corrected chi connectivity index (χ1v) is 8.51. The first-order valence-electron chi connectivity index (χ1n) is 8.51. The second-order valence-electron chi connectivity index (χ2n) is 5.60. The molecule has 1 N–H and O–H groups in total. The van der Waals surface area contributed by atoms with E-state index in [0.29, 0.717) is 19.0 Å². The van der Waals surface area contributed by atoms with Gasteiger partial charge in [0.25, 0.3) is 0 Å². The van der Waals surface area contributed by atoms with Gasteiger partial charge in [0.05, 0.1) is 24.9 Å². The number of esters is 2. The van der Waals surface area contributed by atoms with Gasteiger partial charge in [-0.05, 0) is 33.6 Å². The van der Waals surface area contributed by atoms with Crippen LogP contribution in [0.4, 0.5) is 5.82 Å². The van der Waals surface area contributed by atoms with Crippen LogP contribution in [0, 0.1) is 6.92 Å². The van der Waals surface area contributed by atoms with Crippen LogP contribution in [0.25, 0.3) is 0 Å². The average Bonchev–Trinajstić information content (AvgIpc) is 2.97. The molecule has 1 aromatic rings. The van der Waals surface area contributed by atoms with Gasteiger partial charge in [0, 0.05) is 25.5 Å². The molecule has 0 unspecified atom stereocenters. The van der Waals surface area contributed by atoms with Crippen molar-refractivity contribution in [1.29, 1.82) is 0 Å². The maximum Gasteiger partial charge on any atom is 0.347 e. The summed E-state index contributed by atoms with van der Waals surface area (Å²) in [6, 6.07) is 2.08. The van der Waals surface area contributed by atoms with E-state index in [2.05, 4.69) is 10.4 Å². The Kier molecular flexibility index (Phi) is 7.00. The molecule has 1 saturated heterocycles. The minimum Gasteiger partial charge on any atom is -0.462 e. The van der Waals surface area contributed by atoms with E-state index in [1.165, 1.54) is 6.20 Å². The van der Waals surface area contributed by atoms with Crippen LogP contribution in [0.3, 0.4) is 0 Å². The lowest BCUT2D eigenvalue weighted by Crippen LogP contribution is -2.22. The minimum absolute atomic E-state index is 0.175. The average molecular weight is 351 g/mol. The van der Waals surface area contributed by atoms with E-state index in [1.807, 2.05) is 17.7 Å². The molecule has 0 spiro atoms. The number of aryl methyl sites for hydroxylation is 1. The molecular weight excluding hydrogens is 326 g/mol. The predicted octanol–water partition coefficient (Wildman–Crippen LogP) is 1.97. The minimum atomic E-state index is -0.720. The van der Waals surface area contributed by atoms with Crippen molar-refractivity contribution in [2.45, 2.75) is 39.7 Å². The fourth-order valence-electron chi connectivity index (χ4n) is 2.60. The first kappa shape index (κ1) is 19.0. The highest BCUT2D eigenvalue weighted by molar-refractivity contribution is 6.14. The summed E-state index contributed by atoms with van der Waals surface area (Å²) in [5.74, 6) is -0.736. The van der Waals surface area contributed by atoms with E-state index in [0.717, 1.165) is 18.5 Å². The molecule has 0 bridgehead atoms. The third-order valence-electron chi connectivity index (χ3n) is 3.75. The summed E-state index contributed by atoms with van der Waals surface area (Å²) >= 11 is 0. The second kappa shape index (κ2) is 9.22. The zero-order valence-electron chi connectivity index (χ0n) is 14.9.